The number of aliphatic carboxylic acids is 1. The Morgan fingerprint density at radius 1 is 1.50 bits per heavy atom. The number of halogens is 1. The Bertz CT molecular complexity index is 585. The van der Waals surface area contributed by atoms with Crippen molar-refractivity contribution in [3.8, 4) is 5.75 Å². The number of aromatic nitrogens is 1. The number of carboxylic acids is 1. The molecule has 1 heterocycles. The first kappa shape index (κ1) is 12.6. The zero-order valence-electron chi connectivity index (χ0n) is 9.76. The highest BCUT2D eigenvalue weighted by Gasteiger charge is 2.12. The van der Waals surface area contributed by atoms with Gasteiger partial charge in [-0.05, 0) is 31.2 Å². The molecule has 2 rings (SSSR count). The number of carbonyl (C=O) groups is 1. The minimum absolute atomic E-state index is 0.0586. The third kappa shape index (κ3) is 2.71. The van der Waals surface area contributed by atoms with Crippen molar-refractivity contribution in [2.45, 2.75) is 19.4 Å². The van der Waals surface area contributed by atoms with Crippen LogP contribution in [0.25, 0.3) is 10.9 Å². The summed E-state index contributed by atoms with van der Waals surface area (Å²) in [5, 5.41) is 10.1. The molecule has 0 saturated heterocycles. The maximum atomic E-state index is 10.6. The van der Waals surface area contributed by atoms with Crippen LogP contribution in [0.3, 0.4) is 0 Å². The largest absolute Gasteiger partial charge is 0.488 e. The van der Waals surface area contributed by atoms with E-state index in [1.54, 1.807) is 31.3 Å². The zero-order valence-corrected chi connectivity index (χ0v) is 10.5. The number of benzene rings is 1. The van der Waals surface area contributed by atoms with Crippen molar-refractivity contribution in [3.63, 3.8) is 0 Å². The minimum atomic E-state index is -0.895. The van der Waals surface area contributed by atoms with Crippen molar-refractivity contribution in [3.05, 3.63) is 35.5 Å². The summed E-state index contributed by atoms with van der Waals surface area (Å²) in [5.74, 6) is -0.350. The van der Waals surface area contributed by atoms with Gasteiger partial charge in [0, 0.05) is 11.6 Å². The molecular formula is C13H12ClNO3. The van der Waals surface area contributed by atoms with Crippen LogP contribution < -0.4 is 4.74 Å². The van der Waals surface area contributed by atoms with Gasteiger partial charge in [0.2, 0.25) is 0 Å². The van der Waals surface area contributed by atoms with Crippen LogP contribution in [-0.2, 0) is 4.79 Å². The van der Waals surface area contributed by atoms with Crippen LogP contribution in [-0.4, -0.2) is 22.2 Å². The molecule has 0 spiro atoms. The first-order chi connectivity index (χ1) is 8.58. The highest BCUT2D eigenvalue weighted by Crippen LogP contribution is 2.30. The quantitative estimate of drug-likeness (QED) is 0.923. The molecule has 0 aliphatic rings. The van der Waals surface area contributed by atoms with Gasteiger partial charge in [-0.2, -0.15) is 0 Å². The van der Waals surface area contributed by atoms with Crippen LogP contribution in [0.1, 0.15) is 13.3 Å². The average Bonchev–Trinajstić information content (AvgIpc) is 2.32. The van der Waals surface area contributed by atoms with Gasteiger partial charge >= 0.3 is 5.97 Å². The van der Waals surface area contributed by atoms with Crippen LogP contribution >= 0.6 is 11.6 Å². The van der Waals surface area contributed by atoms with E-state index < -0.39 is 12.1 Å². The van der Waals surface area contributed by atoms with Crippen LogP contribution in [0.15, 0.2) is 30.5 Å². The minimum Gasteiger partial charge on any atom is -0.488 e. The van der Waals surface area contributed by atoms with Gasteiger partial charge in [-0.25, -0.2) is 0 Å². The van der Waals surface area contributed by atoms with E-state index in [1.807, 2.05) is 6.07 Å². The van der Waals surface area contributed by atoms with Crippen molar-refractivity contribution in [2.24, 2.45) is 0 Å². The van der Waals surface area contributed by atoms with Gasteiger partial charge in [0.25, 0.3) is 0 Å². The van der Waals surface area contributed by atoms with Crippen molar-refractivity contribution in [2.75, 3.05) is 0 Å². The molecule has 94 valence electrons. The van der Waals surface area contributed by atoms with Gasteiger partial charge in [0.05, 0.1) is 11.4 Å². The molecule has 0 amide bonds. The molecule has 5 heteroatoms. The van der Waals surface area contributed by atoms with E-state index >= 15 is 0 Å². The lowest BCUT2D eigenvalue weighted by Gasteiger charge is -2.14. The Morgan fingerprint density at radius 3 is 3.00 bits per heavy atom. The molecule has 0 unspecified atom stereocenters. The second-order valence-corrected chi connectivity index (χ2v) is 4.38. The van der Waals surface area contributed by atoms with Crippen molar-refractivity contribution >= 4 is 28.5 Å². The summed E-state index contributed by atoms with van der Waals surface area (Å²) >= 11 is 6.06. The van der Waals surface area contributed by atoms with Crippen molar-refractivity contribution in [1.29, 1.82) is 0 Å². The number of hydrogen-bond donors (Lipinski definition) is 1. The van der Waals surface area contributed by atoms with Gasteiger partial charge in [0.1, 0.15) is 17.4 Å². The molecular weight excluding hydrogens is 254 g/mol. The van der Waals surface area contributed by atoms with E-state index in [0.717, 1.165) is 5.39 Å². The third-order valence-electron chi connectivity index (χ3n) is 2.47. The van der Waals surface area contributed by atoms with Crippen LogP contribution in [0.2, 0.25) is 5.02 Å². The second kappa shape index (κ2) is 5.23. The van der Waals surface area contributed by atoms with E-state index in [2.05, 4.69) is 4.98 Å². The van der Waals surface area contributed by atoms with Gasteiger partial charge < -0.3 is 9.84 Å². The molecule has 0 aliphatic carbocycles. The van der Waals surface area contributed by atoms with Crippen molar-refractivity contribution in [1.82, 2.24) is 4.98 Å². The zero-order chi connectivity index (χ0) is 13.1. The van der Waals surface area contributed by atoms with E-state index in [-0.39, 0.29) is 6.42 Å². The number of pyridine rings is 1. The van der Waals surface area contributed by atoms with Crippen LogP contribution in [0, 0.1) is 0 Å². The highest BCUT2D eigenvalue weighted by molar-refractivity contribution is 6.35. The Labute approximate surface area is 109 Å². The number of fused-ring (bicyclic) bond motifs is 1. The molecule has 1 N–H and O–H groups in total. The first-order valence-corrected chi connectivity index (χ1v) is 5.87. The molecule has 0 radical (unpaired) electrons. The lowest BCUT2D eigenvalue weighted by molar-refractivity contribution is -0.138. The summed E-state index contributed by atoms with van der Waals surface area (Å²) in [4.78, 5) is 14.8. The molecule has 0 saturated carbocycles. The van der Waals surface area contributed by atoms with E-state index in [1.165, 1.54) is 0 Å². The Morgan fingerprint density at radius 2 is 2.28 bits per heavy atom. The molecule has 0 fully saturated rings. The lowest BCUT2D eigenvalue weighted by Crippen LogP contribution is -2.16. The van der Waals surface area contributed by atoms with Gasteiger partial charge in [0.15, 0.2) is 0 Å². The number of carboxylic acid groups (broad SMARTS) is 1. The maximum Gasteiger partial charge on any atom is 0.307 e. The predicted molar refractivity (Wildman–Crippen MR) is 69.1 cm³/mol. The topological polar surface area (TPSA) is 59.4 Å². The number of hydrogen-bond acceptors (Lipinski definition) is 3. The molecule has 4 nitrogen and oxygen atoms in total. The average molecular weight is 266 g/mol. The molecule has 2 aromatic rings. The molecule has 18 heavy (non-hydrogen) atoms. The number of rotatable bonds is 4. The standard InChI is InChI=1S/C13H12ClNO3/c1-8(7-12(16)17)18-11-5-4-10(14)9-3-2-6-15-13(9)11/h2-6,8H,7H2,1H3,(H,16,17)/t8-/m0/s1. The molecule has 0 aliphatic heterocycles. The monoisotopic (exact) mass is 265 g/mol. The fourth-order valence-electron chi connectivity index (χ4n) is 1.71. The Kier molecular flexibility index (Phi) is 3.67. The fraction of sp³-hybridized carbons (Fsp3) is 0.231. The molecule has 1 aromatic heterocycles. The van der Waals surface area contributed by atoms with Crippen LogP contribution in [0.5, 0.6) is 5.75 Å². The lowest BCUT2D eigenvalue weighted by atomic mass is 10.2. The van der Waals surface area contributed by atoms with Crippen molar-refractivity contribution < 1.29 is 14.6 Å². The third-order valence-corrected chi connectivity index (χ3v) is 2.80. The Hall–Kier alpha value is -1.81. The highest BCUT2D eigenvalue weighted by atomic mass is 35.5. The van der Waals surface area contributed by atoms with Crippen LogP contribution in [0.4, 0.5) is 0 Å². The summed E-state index contributed by atoms with van der Waals surface area (Å²) in [7, 11) is 0. The summed E-state index contributed by atoms with van der Waals surface area (Å²) in [6.07, 6.45) is 1.17. The summed E-state index contributed by atoms with van der Waals surface area (Å²) < 4.78 is 5.59. The van der Waals surface area contributed by atoms with Gasteiger partial charge in [-0.3, -0.25) is 9.78 Å². The van der Waals surface area contributed by atoms with E-state index in [9.17, 15) is 4.79 Å². The second-order valence-electron chi connectivity index (χ2n) is 3.97. The summed E-state index contributed by atoms with van der Waals surface area (Å²) in [6.45, 7) is 1.71. The van der Waals surface area contributed by atoms with E-state index in [4.69, 9.17) is 21.4 Å². The summed E-state index contributed by atoms with van der Waals surface area (Å²) in [5.41, 5.74) is 0.641. The Balaban J connectivity index is 2.34. The maximum absolute atomic E-state index is 10.6. The fourth-order valence-corrected chi connectivity index (χ4v) is 1.93. The molecule has 1 aromatic carbocycles. The normalized spacial score (nSPS) is 12.3. The van der Waals surface area contributed by atoms with E-state index in [0.29, 0.717) is 16.3 Å². The van der Waals surface area contributed by atoms with Gasteiger partial charge in [-0.15, -0.1) is 0 Å². The molecule has 0 bridgehead atoms. The smallest absolute Gasteiger partial charge is 0.307 e. The molecule has 1 atom stereocenters. The number of ether oxygens (including phenoxy) is 1. The first-order valence-electron chi connectivity index (χ1n) is 5.49. The SMILES string of the molecule is C[C@@H](CC(=O)O)Oc1ccc(Cl)c2cccnc12. The predicted octanol–water partition coefficient (Wildman–Crippen LogP) is 3.13. The number of nitrogens with zero attached hydrogens (tertiary/aromatic N) is 1. The van der Waals surface area contributed by atoms with Gasteiger partial charge in [-0.1, -0.05) is 11.6 Å². The summed E-state index contributed by atoms with van der Waals surface area (Å²) in [6, 6.07) is 7.06.